The van der Waals surface area contributed by atoms with E-state index >= 15 is 0 Å². The van der Waals surface area contributed by atoms with E-state index in [1.807, 2.05) is 13.1 Å². The van der Waals surface area contributed by atoms with Crippen molar-refractivity contribution in [1.29, 1.82) is 0 Å². The van der Waals surface area contributed by atoms with Crippen LogP contribution in [0.3, 0.4) is 0 Å². The lowest BCUT2D eigenvalue weighted by atomic mass is 9.85. The lowest BCUT2D eigenvalue weighted by molar-refractivity contribution is -0.142. The number of carbonyl (C=O) groups is 2. The molecule has 28 heavy (non-hydrogen) atoms. The summed E-state index contributed by atoms with van der Waals surface area (Å²) in [7, 11) is -2.15. The molecular formula is C18H23N3O6S. The first-order valence-corrected chi connectivity index (χ1v) is 10.7. The van der Waals surface area contributed by atoms with Crippen LogP contribution in [-0.2, 0) is 26.4 Å². The lowest BCUT2D eigenvalue weighted by Gasteiger charge is -2.34. The van der Waals surface area contributed by atoms with Crippen LogP contribution < -0.4 is 4.90 Å². The maximum Gasteiger partial charge on any atom is 0.414 e. The van der Waals surface area contributed by atoms with Crippen LogP contribution in [0.25, 0.3) is 10.9 Å². The number of benzene rings is 1. The number of fused-ring (bicyclic) bond motifs is 1. The molecular weight excluding hydrogens is 386 g/mol. The van der Waals surface area contributed by atoms with Crippen molar-refractivity contribution in [3.8, 4) is 0 Å². The molecule has 3 atom stereocenters. The Morgan fingerprint density at radius 3 is 2.71 bits per heavy atom. The number of hydrogen-bond acceptors (Lipinski definition) is 6. The van der Waals surface area contributed by atoms with E-state index in [1.54, 1.807) is 29.9 Å². The summed E-state index contributed by atoms with van der Waals surface area (Å²) in [6, 6.07) is 5.37. The van der Waals surface area contributed by atoms with Crippen molar-refractivity contribution < 1.29 is 27.9 Å². The highest BCUT2D eigenvalue weighted by Crippen LogP contribution is 2.37. The van der Waals surface area contributed by atoms with Crippen molar-refractivity contribution in [3.63, 3.8) is 0 Å². The molecule has 1 fully saturated rings. The number of rotatable bonds is 6. The summed E-state index contributed by atoms with van der Waals surface area (Å²) in [6.45, 7) is 2.94. The second-order valence-electron chi connectivity index (χ2n) is 7.24. The largest absolute Gasteiger partial charge is 0.480 e. The minimum absolute atomic E-state index is 0.0709. The van der Waals surface area contributed by atoms with E-state index in [0.29, 0.717) is 5.69 Å². The summed E-state index contributed by atoms with van der Waals surface area (Å²) in [5, 5.41) is 14.7. The maximum absolute atomic E-state index is 12.5. The van der Waals surface area contributed by atoms with E-state index in [9.17, 15) is 23.1 Å². The van der Waals surface area contributed by atoms with E-state index in [0.717, 1.165) is 17.2 Å². The van der Waals surface area contributed by atoms with Crippen LogP contribution in [0, 0.1) is 5.92 Å². The van der Waals surface area contributed by atoms with Gasteiger partial charge in [-0.1, -0.05) is 6.92 Å². The number of amides is 1. The molecule has 0 aliphatic carbocycles. The molecule has 1 aromatic heterocycles. The highest BCUT2D eigenvalue weighted by Gasteiger charge is 2.55. The molecule has 152 valence electrons. The first-order valence-electron chi connectivity index (χ1n) is 8.83. The fraction of sp³-hybridized carbons (Fsp3) is 0.500. The molecule has 0 spiro atoms. The fourth-order valence-electron chi connectivity index (χ4n) is 3.82. The van der Waals surface area contributed by atoms with Crippen molar-refractivity contribution in [2.24, 2.45) is 13.0 Å². The van der Waals surface area contributed by atoms with Crippen molar-refractivity contribution in [2.75, 3.05) is 17.7 Å². The van der Waals surface area contributed by atoms with Crippen LogP contribution in [0.15, 0.2) is 24.4 Å². The van der Waals surface area contributed by atoms with E-state index in [4.69, 9.17) is 4.74 Å². The fourth-order valence-corrected chi connectivity index (χ4v) is 5.01. The summed E-state index contributed by atoms with van der Waals surface area (Å²) in [5.74, 6) is -2.34. The summed E-state index contributed by atoms with van der Waals surface area (Å²) in [4.78, 5) is 25.7. The molecule has 2 aromatic rings. The molecule has 2 heterocycles. The van der Waals surface area contributed by atoms with Crippen LogP contribution in [0.2, 0.25) is 0 Å². The summed E-state index contributed by atoms with van der Waals surface area (Å²) in [5.41, 5.74) is 1.48. The number of sulfone groups is 1. The molecule has 2 unspecified atom stereocenters. The van der Waals surface area contributed by atoms with Crippen molar-refractivity contribution in [1.82, 2.24) is 9.78 Å². The maximum atomic E-state index is 12.5. The number of aryl methyl sites for hydroxylation is 1. The van der Waals surface area contributed by atoms with Crippen molar-refractivity contribution in [3.05, 3.63) is 24.4 Å². The summed E-state index contributed by atoms with van der Waals surface area (Å²) < 4.78 is 29.7. The van der Waals surface area contributed by atoms with Crippen LogP contribution >= 0.6 is 0 Å². The number of nitrogens with zero attached hydrogens (tertiary/aromatic N) is 3. The van der Waals surface area contributed by atoms with Gasteiger partial charge in [-0.15, -0.1) is 0 Å². The minimum atomic E-state index is -3.96. The molecule has 10 heteroatoms. The van der Waals surface area contributed by atoms with Gasteiger partial charge in [0.15, 0.2) is 14.6 Å². The number of ether oxygens (including phenoxy) is 1. The quantitative estimate of drug-likeness (QED) is 0.773. The van der Waals surface area contributed by atoms with Crippen molar-refractivity contribution >= 4 is 38.5 Å². The summed E-state index contributed by atoms with van der Waals surface area (Å²) >= 11 is 0. The van der Waals surface area contributed by atoms with Gasteiger partial charge in [0.05, 0.1) is 18.3 Å². The standard InChI is InChI=1S/C18H23N3O6S/c1-5-13(18(2,16(22)23)28(4,25)26)15-10-21(17(24)27-15)12-6-7-14-11(8-12)9-19-20(14)3/h6-9,13,15H,5,10H2,1-4H3,(H,22,23)/t13?,15-,18?/m1/s1. The zero-order valence-corrected chi connectivity index (χ0v) is 16.9. The normalized spacial score (nSPS) is 20.8. The Bertz CT molecular complexity index is 1050. The molecule has 0 saturated carbocycles. The van der Waals surface area contributed by atoms with Gasteiger partial charge in [-0.3, -0.25) is 14.4 Å². The third-order valence-corrected chi connectivity index (χ3v) is 7.69. The van der Waals surface area contributed by atoms with Gasteiger partial charge in [0, 0.05) is 30.3 Å². The van der Waals surface area contributed by atoms with Gasteiger partial charge in [0.25, 0.3) is 0 Å². The van der Waals surface area contributed by atoms with Gasteiger partial charge in [-0.25, -0.2) is 13.2 Å². The smallest absolute Gasteiger partial charge is 0.414 e. The number of carboxylic acids is 1. The van der Waals surface area contributed by atoms with Crippen LogP contribution in [0.5, 0.6) is 0 Å². The number of anilines is 1. The second-order valence-corrected chi connectivity index (χ2v) is 9.64. The van der Waals surface area contributed by atoms with Gasteiger partial charge in [0.1, 0.15) is 6.10 Å². The predicted molar refractivity (Wildman–Crippen MR) is 103 cm³/mol. The van der Waals surface area contributed by atoms with Crippen molar-refractivity contribution in [2.45, 2.75) is 31.1 Å². The molecule has 3 rings (SSSR count). The van der Waals surface area contributed by atoms with E-state index in [1.165, 1.54) is 11.8 Å². The minimum Gasteiger partial charge on any atom is -0.480 e. The second kappa shape index (κ2) is 6.77. The average molecular weight is 409 g/mol. The zero-order chi connectivity index (χ0) is 20.9. The number of aromatic nitrogens is 2. The molecule has 0 bridgehead atoms. The zero-order valence-electron chi connectivity index (χ0n) is 16.1. The number of hydrogen-bond donors (Lipinski definition) is 1. The first kappa shape index (κ1) is 20.1. The molecule has 1 aromatic carbocycles. The molecule has 1 saturated heterocycles. The van der Waals surface area contributed by atoms with Gasteiger partial charge in [0.2, 0.25) is 0 Å². The first-order chi connectivity index (χ1) is 13.0. The highest BCUT2D eigenvalue weighted by atomic mass is 32.2. The monoisotopic (exact) mass is 409 g/mol. The lowest BCUT2D eigenvalue weighted by Crippen LogP contribution is -2.54. The number of aliphatic carboxylic acids is 1. The van der Waals surface area contributed by atoms with Crippen LogP contribution in [-0.4, -0.2) is 59.0 Å². The molecule has 0 radical (unpaired) electrons. The van der Waals surface area contributed by atoms with E-state index in [-0.39, 0.29) is 13.0 Å². The third-order valence-electron chi connectivity index (χ3n) is 5.67. The van der Waals surface area contributed by atoms with Crippen LogP contribution in [0.1, 0.15) is 20.3 Å². The summed E-state index contributed by atoms with van der Waals surface area (Å²) in [6.07, 6.45) is 1.31. The number of carboxylic acid groups (broad SMARTS) is 1. The van der Waals surface area contributed by atoms with Gasteiger partial charge in [-0.05, 0) is 31.5 Å². The number of cyclic esters (lactones) is 1. The Kier molecular flexibility index (Phi) is 4.86. The molecule has 1 aliphatic rings. The number of carbonyl (C=O) groups excluding carboxylic acids is 1. The van der Waals surface area contributed by atoms with Gasteiger partial charge in [-0.2, -0.15) is 5.10 Å². The molecule has 1 aliphatic heterocycles. The molecule has 1 N–H and O–H groups in total. The molecule has 1 amide bonds. The third kappa shape index (κ3) is 3.01. The Balaban J connectivity index is 1.94. The highest BCUT2D eigenvalue weighted by molar-refractivity contribution is 7.92. The Hall–Kier alpha value is -2.62. The van der Waals surface area contributed by atoms with Gasteiger partial charge >= 0.3 is 12.1 Å². The Labute approximate surface area is 162 Å². The Morgan fingerprint density at radius 1 is 1.46 bits per heavy atom. The average Bonchev–Trinajstić information content (AvgIpc) is 3.17. The van der Waals surface area contributed by atoms with Crippen LogP contribution in [0.4, 0.5) is 10.5 Å². The van der Waals surface area contributed by atoms with Gasteiger partial charge < -0.3 is 9.84 Å². The topological polar surface area (TPSA) is 119 Å². The molecule has 9 nitrogen and oxygen atoms in total. The van der Waals surface area contributed by atoms with E-state index < -0.39 is 38.7 Å². The Morgan fingerprint density at radius 2 is 2.14 bits per heavy atom. The van der Waals surface area contributed by atoms with E-state index in [2.05, 4.69) is 5.10 Å². The SMILES string of the molecule is CCC([C@H]1CN(c2ccc3c(cnn3C)c2)C(=O)O1)C(C)(C(=O)O)S(C)(=O)=O. The predicted octanol–water partition coefficient (Wildman–Crippen LogP) is 1.81.